The molecule has 0 fully saturated rings. The second-order valence-corrected chi connectivity index (χ2v) is 26.1. The third-order valence-corrected chi connectivity index (χ3v) is 17.0. The summed E-state index contributed by atoms with van der Waals surface area (Å²) in [5.74, 6) is 0. The molecule has 0 aliphatic carbocycles. The molecule has 0 radical (unpaired) electrons. The van der Waals surface area contributed by atoms with Gasteiger partial charge in [0.15, 0.2) is 0 Å². The van der Waals surface area contributed by atoms with Gasteiger partial charge in [-0.15, -0.1) is 5.54 Å². The number of nitrogens with zero attached hydrogens (tertiary/aromatic N) is 1. The van der Waals surface area contributed by atoms with E-state index in [4.69, 9.17) is 0 Å². The Morgan fingerprint density at radius 2 is 1.23 bits per heavy atom. The summed E-state index contributed by atoms with van der Waals surface area (Å²) in [6, 6.07) is 11.0. The van der Waals surface area contributed by atoms with Gasteiger partial charge in [0.05, 0.1) is 8.07 Å². The average Bonchev–Trinajstić information content (AvgIpc) is 2.31. The highest BCUT2D eigenvalue weighted by atomic mass is 31.1. The van der Waals surface area contributed by atoms with Gasteiger partial charge in [-0.25, -0.2) is 0 Å². The lowest BCUT2D eigenvalue weighted by Crippen LogP contribution is -2.56. The normalized spacial score (nSPS) is 14.5. The molecule has 0 aliphatic rings. The van der Waals surface area contributed by atoms with Gasteiger partial charge in [-0.2, -0.15) is 0 Å². The van der Waals surface area contributed by atoms with Crippen LogP contribution in [0.1, 0.15) is 0 Å². The van der Waals surface area contributed by atoms with Crippen molar-refractivity contribution in [3.05, 3.63) is 30.3 Å². The van der Waals surface area contributed by atoms with Crippen LogP contribution in [0.2, 0.25) is 58.9 Å². The Bertz CT molecular complexity index is 528. The molecule has 0 saturated heterocycles. The molecule has 0 N–H and O–H groups in total. The molecule has 1 aromatic rings. The third-order valence-electron chi connectivity index (χ3n) is 3.01. The smallest absolute Gasteiger partial charge is 0.129 e. The lowest BCUT2D eigenvalue weighted by molar-refractivity contribution is 0.984. The van der Waals surface area contributed by atoms with E-state index in [2.05, 4.69) is 104 Å². The van der Waals surface area contributed by atoms with E-state index in [1.54, 1.807) is 0 Å². The first-order valence-corrected chi connectivity index (χ1v) is 19.7. The van der Waals surface area contributed by atoms with Gasteiger partial charge >= 0.3 is 0 Å². The molecule has 0 aliphatic heterocycles. The van der Waals surface area contributed by atoms with Gasteiger partial charge in [-0.1, -0.05) is 94.9 Å². The number of benzene rings is 1. The van der Waals surface area contributed by atoms with Gasteiger partial charge in [0, 0.05) is 5.30 Å². The van der Waals surface area contributed by atoms with Crippen molar-refractivity contribution in [2.24, 2.45) is 0 Å². The molecule has 22 heavy (non-hydrogen) atoms. The second kappa shape index (κ2) is 7.15. The molecule has 0 amide bonds. The van der Waals surface area contributed by atoms with E-state index in [9.17, 15) is 0 Å². The Hall–Kier alpha value is -0.179. The summed E-state index contributed by atoms with van der Waals surface area (Å²) < 4.78 is 2.89. The quantitative estimate of drug-likeness (QED) is 0.386. The Morgan fingerprint density at radius 3 is 1.59 bits per heavy atom. The van der Waals surface area contributed by atoms with E-state index >= 15 is 0 Å². The molecule has 5 heteroatoms. The average molecular weight is 366 g/mol. The van der Waals surface area contributed by atoms with Crippen molar-refractivity contribution >= 4 is 37.9 Å². The molecule has 0 aromatic heterocycles. The van der Waals surface area contributed by atoms with E-state index in [-0.39, 0.29) is 0 Å². The van der Waals surface area contributed by atoms with Crippen LogP contribution in [0.4, 0.5) is 0 Å². The Labute approximate surface area is 142 Å². The fourth-order valence-corrected chi connectivity index (χ4v) is 19.1. The van der Waals surface area contributed by atoms with Gasteiger partial charge < -0.3 is 4.00 Å². The largest absolute Gasteiger partial charge is 0.311 e. The van der Waals surface area contributed by atoms with E-state index in [0.717, 1.165) is 0 Å². The molecular formula is C17H32NPSi3. The van der Waals surface area contributed by atoms with Crippen LogP contribution in [0.5, 0.6) is 0 Å². The van der Waals surface area contributed by atoms with Crippen LogP contribution in [0, 0.1) is 11.2 Å². The minimum absolute atomic E-state index is 0.529. The van der Waals surface area contributed by atoms with Crippen molar-refractivity contribution < 1.29 is 0 Å². The predicted molar refractivity (Wildman–Crippen MR) is 113 cm³/mol. The second-order valence-electron chi connectivity index (χ2n) is 8.79. The van der Waals surface area contributed by atoms with Crippen molar-refractivity contribution in [3.63, 3.8) is 0 Å². The number of hydrogen-bond donors (Lipinski definition) is 0. The summed E-state index contributed by atoms with van der Waals surface area (Å²) >= 11 is 0. The molecule has 0 heterocycles. The first-order chi connectivity index (χ1) is 9.82. The predicted octanol–water partition coefficient (Wildman–Crippen LogP) is 5.52. The summed E-state index contributed by atoms with van der Waals surface area (Å²) in [6.07, 6.45) is 0. The monoisotopic (exact) mass is 365 g/mol. The number of rotatable bonds is 4. The van der Waals surface area contributed by atoms with Crippen LogP contribution in [-0.4, -0.2) is 28.5 Å². The summed E-state index contributed by atoms with van der Waals surface area (Å²) in [5.41, 5.74) is 7.43. The molecule has 0 bridgehead atoms. The minimum Gasteiger partial charge on any atom is -0.311 e. The summed E-state index contributed by atoms with van der Waals surface area (Å²) in [6.45, 7) is 21.8. The highest BCUT2D eigenvalue weighted by Gasteiger charge is 2.39. The molecule has 1 nitrogen and oxygen atoms in total. The first-order valence-electron chi connectivity index (χ1n) is 8.01. The topological polar surface area (TPSA) is 3.24 Å². The Morgan fingerprint density at radius 1 is 0.773 bits per heavy atom. The van der Waals surface area contributed by atoms with E-state index < -0.39 is 32.6 Å². The van der Waals surface area contributed by atoms with Gasteiger partial charge in [-0.3, -0.25) is 0 Å². The number of hydrogen-bond acceptors (Lipinski definition) is 1. The Kier molecular flexibility index (Phi) is 6.46. The first kappa shape index (κ1) is 19.9. The molecule has 1 atom stereocenters. The highest BCUT2D eigenvalue weighted by molar-refractivity contribution is 7.72. The van der Waals surface area contributed by atoms with Crippen molar-refractivity contribution in [2.75, 3.05) is 0 Å². The van der Waals surface area contributed by atoms with Crippen molar-refractivity contribution in [2.45, 2.75) is 58.9 Å². The molecule has 0 saturated carbocycles. The fourth-order valence-electron chi connectivity index (χ4n) is 2.63. The zero-order valence-electron chi connectivity index (χ0n) is 15.8. The van der Waals surface area contributed by atoms with Crippen molar-refractivity contribution in [3.8, 4) is 11.2 Å². The summed E-state index contributed by atoms with van der Waals surface area (Å²) in [5, 5.41) is 1.42. The molecule has 0 spiro atoms. The zero-order valence-corrected chi connectivity index (χ0v) is 19.7. The Balaban J connectivity index is 3.44. The van der Waals surface area contributed by atoms with Crippen LogP contribution < -0.4 is 5.30 Å². The van der Waals surface area contributed by atoms with Crippen molar-refractivity contribution in [1.29, 1.82) is 0 Å². The van der Waals surface area contributed by atoms with E-state index in [1.165, 1.54) is 5.30 Å². The van der Waals surface area contributed by atoms with E-state index in [1.807, 2.05) is 0 Å². The maximum Gasteiger partial charge on any atom is 0.129 e. The lowest BCUT2D eigenvalue weighted by atomic mass is 10.4. The van der Waals surface area contributed by atoms with Crippen LogP contribution >= 0.6 is 8.07 Å². The van der Waals surface area contributed by atoms with Gasteiger partial charge in [0.2, 0.25) is 0 Å². The molecule has 1 rings (SSSR count). The van der Waals surface area contributed by atoms with Crippen LogP contribution in [0.15, 0.2) is 30.3 Å². The molecular weight excluding hydrogens is 333 g/mol. The molecule has 1 unspecified atom stereocenters. The van der Waals surface area contributed by atoms with Crippen molar-refractivity contribution in [1.82, 2.24) is 4.00 Å². The lowest BCUT2D eigenvalue weighted by Gasteiger charge is -2.46. The standard InChI is InChI=1S/C17H32NPSi3/c1-20(2,3)16-15-19(17-13-11-10-12-14-17)18(21(4,5)6)22(7,8)9/h10-14H,1-9H3. The maximum atomic E-state index is 3.76. The maximum absolute atomic E-state index is 3.76. The molecule has 1 aromatic carbocycles. The fraction of sp³-hybridized carbons (Fsp3) is 0.529. The van der Waals surface area contributed by atoms with Gasteiger partial charge in [-0.05, 0) is 0 Å². The minimum atomic E-state index is -1.43. The zero-order chi connectivity index (χ0) is 17.2. The van der Waals surface area contributed by atoms with Gasteiger partial charge in [0.1, 0.15) is 24.5 Å². The van der Waals surface area contributed by atoms with Gasteiger partial charge in [0.25, 0.3) is 0 Å². The summed E-state index contributed by atoms with van der Waals surface area (Å²) in [4.78, 5) is 0. The SMILES string of the molecule is C[Si](C)(C)C#CP(c1ccccc1)N([Si](C)(C)C)[Si](C)(C)C. The van der Waals surface area contributed by atoms with E-state index in [0.29, 0.717) is 0 Å². The molecule has 122 valence electrons. The third kappa shape index (κ3) is 6.14. The highest BCUT2D eigenvalue weighted by Crippen LogP contribution is 2.46. The van der Waals surface area contributed by atoms with Crippen LogP contribution in [0.3, 0.4) is 0 Å². The summed E-state index contributed by atoms with van der Waals surface area (Å²) in [7, 11) is -4.74. The van der Waals surface area contributed by atoms with Crippen LogP contribution in [0.25, 0.3) is 0 Å². The van der Waals surface area contributed by atoms with Crippen LogP contribution in [-0.2, 0) is 0 Å².